The zero-order chi connectivity index (χ0) is 27.6. The van der Waals surface area contributed by atoms with Crippen molar-refractivity contribution in [3.63, 3.8) is 0 Å². The van der Waals surface area contributed by atoms with E-state index in [4.69, 9.17) is 0 Å². The second-order valence-electron chi connectivity index (χ2n) is 10.5. The highest BCUT2D eigenvalue weighted by Crippen LogP contribution is 2.41. The van der Waals surface area contributed by atoms with Gasteiger partial charge in [0.1, 0.15) is 27.8 Å². The summed E-state index contributed by atoms with van der Waals surface area (Å²) in [6, 6.07) is 9.39. The van der Waals surface area contributed by atoms with Gasteiger partial charge in [-0.25, -0.2) is 9.11 Å². The molecule has 2 N–H and O–H groups in total. The molecule has 3 heterocycles. The third kappa shape index (κ3) is 4.42. The van der Waals surface area contributed by atoms with Crippen molar-refractivity contribution >= 4 is 31.9 Å². The average molecular weight is 563 g/mol. The Hall–Kier alpha value is -3.13. The number of hydrogen-bond acceptors (Lipinski definition) is 6. The number of hydrogen-bond donors (Lipinski definition) is 2. The summed E-state index contributed by atoms with van der Waals surface area (Å²) in [5, 5.41) is 11.4. The smallest absolute Gasteiger partial charge is 0.283 e. The van der Waals surface area contributed by atoms with Gasteiger partial charge in [-0.15, -0.1) is 0 Å². The molecule has 0 aromatic heterocycles. The topological polar surface area (TPSA) is 136 Å². The normalized spacial score (nSPS) is 22.7. The molecule has 1 fully saturated rings. The molecule has 0 spiro atoms. The van der Waals surface area contributed by atoms with Gasteiger partial charge in [-0.1, -0.05) is 51.1 Å². The number of sulfonamides is 1. The van der Waals surface area contributed by atoms with Crippen LogP contribution in [0.5, 0.6) is 0 Å². The monoisotopic (exact) mass is 562 g/mol. The summed E-state index contributed by atoms with van der Waals surface area (Å²) in [6.45, 7) is 5.76. The summed E-state index contributed by atoms with van der Waals surface area (Å²) in [5.74, 6) is -1.33. The fraction of sp³-hybridized carbons (Fsp3) is 0.360. The van der Waals surface area contributed by atoms with E-state index in [1.54, 1.807) is 6.07 Å². The molecule has 10 nitrogen and oxygen atoms in total. The summed E-state index contributed by atoms with van der Waals surface area (Å²) < 4.78 is 71.8. The molecule has 38 heavy (non-hydrogen) atoms. The highest BCUT2D eigenvalue weighted by atomic mass is 32.2. The van der Waals surface area contributed by atoms with E-state index in [0.29, 0.717) is 5.56 Å². The number of carbonyl (C=O) groups is 1. The quantitative estimate of drug-likeness (QED) is 0.574. The Balaban J connectivity index is 1.58. The predicted octanol–water partition coefficient (Wildman–Crippen LogP) is 2.24. The van der Waals surface area contributed by atoms with Crippen LogP contribution in [0.1, 0.15) is 37.5 Å². The number of aliphatic hydroxyl groups is 1. The standard InChI is InChI=1S/C25H27FN4O6S2/c1-25(2,3)23-21(31)19(24(32)30(23)13-15-7-9-17(26)10-8-15)20-18-6-4-5-16(22(18)37(33,34)28-20)14-29-12-11-27-38(29,35)36/h4-10,23,27,31H,11-14H2,1-3H3/t23-/m1/s1. The number of aliphatic hydroxyl groups excluding tert-OH is 1. The van der Waals surface area contributed by atoms with E-state index in [1.807, 2.05) is 20.8 Å². The van der Waals surface area contributed by atoms with Gasteiger partial charge in [-0.05, 0) is 28.7 Å². The van der Waals surface area contributed by atoms with Crippen LogP contribution in [0.2, 0.25) is 0 Å². The van der Waals surface area contributed by atoms with E-state index in [2.05, 4.69) is 9.12 Å². The first-order valence-electron chi connectivity index (χ1n) is 11.9. The molecule has 3 aliphatic rings. The van der Waals surface area contributed by atoms with E-state index in [9.17, 15) is 31.1 Å². The van der Waals surface area contributed by atoms with Crippen molar-refractivity contribution in [2.45, 2.75) is 44.8 Å². The zero-order valence-electron chi connectivity index (χ0n) is 21.0. The SMILES string of the molecule is CC(C)(C)[C@H]1C(O)=C(C2=NS(=O)(=O)c3c(CN4CCNS4(=O)=O)cccc32)C(=O)N1Cc1ccc(F)cc1. The minimum Gasteiger partial charge on any atom is -0.509 e. The summed E-state index contributed by atoms with van der Waals surface area (Å²) in [4.78, 5) is 15.0. The Kier molecular flexibility index (Phi) is 6.25. The number of benzene rings is 2. The molecule has 0 bridgehead atoms. The molecule has 0 unspecified atom stereocenters. The van der Waals surface area contributed by atoms with Crippen LogP contribution in [0, 0.1) is 11.2 Å². The van der Waals surface area contributed by atoms with Crippen LogP contribution in [-0.2, 0) is 38.1 Å². The molecule has 202 valence electrons. The molecule has 0 radical (unpaired) electrons. The third-order valence-corrected chi connectivity index (χ3v) is 9.76. The zero-order valence-corrected chi connectivity index (χ0v) is 22.6. The van der Waals surface area contributed by atoms with E-state index < -0.39 is 43.4 Å². The van der Waals surface area contributed by atoms with E-state index >= 15 is 0 Å². The first-order valence-corrected chi connectivity index (χ1v) is 14.8. The number of nitrogens with one attached hydrogen (secondary N) is 1. The summed E-state index contributed by atoms with van der Waals surface area (Å²) in [6.07, 6.45) is 0. The van der Waals surface area contributed by atoms with E-state index in [-0.39, 0.29) is 59.2 Å². The van der Waals surface area contributed by atoms with Crippen molar-refractivity contribution in [1.82, 2.24) is 13.9 Å². The number of nitrogens with zero attached hydrogens (tertiary/aromatic N) is 3. The lowest BCUT2D eigenvalue weighted by Crippen LogP contribution is -2.43. The molecular formula is C25H27FN4O6S2. The molecule has 2 aromatic rings. The van der Waals surface area contributed by atoms with Gasteiger partial charge in [0.2, 0.25) is 0 Å². The summed E-state index contributed by atoms with van der Waals surface area (Å²) >= 11 is 0. The van der Waals surface area contributed by atoms with Crippen molar-refractivity contribution < 1.29 is 31.1 Å². The van der Waals surface area contributed by atoms with Crippen LogP contribution < -0.4 is 4.72 Å². The fourth-order valence-corrected chi connectivity index (χ4v) is 7.77. The van der Waals surface area contributed by atoms with Crippen LogP contribution in [0.3, 0.4) is 0 Å². The van der Waals surface area contributed by atoms with Crippen molar-refractivity contribution in [3.05, 3.63) is 76.3 Å². The van der Waals surface area contributed by atoms with E-state index in [1.165, 1.54) is 41.3 Å². The molecule has 5 rings (SSSR count). The summed E-state index contributed by atoms with van der Waals surface area (Å²) in [7, 11) is -8.03. The maximum atomic E-state index is 13.8. The minimum absolute atomic E-state index is 0.0569. The first-order chi connectivity index (χ1) is 17.7. The van der Waals surface area contributed by atoms with Crippen molar-refractivity contribution in [1.29, 1.82) is 0 Å². The van der Waals surface area contributed by atoms with Gasteiger partial charge in [0.15, 0.2) is 0 Å². The molecule has 13 heteroatoms. The lowest BCUT2D eigenvalue weighted by atomic mass is 9.84. The number of carbonyl (C=O) groups excluding carboxylic acids is 1. The molecule has 0 saturated carbocycles. The van der Waals surface area contributed by atoms with Crippen LogP contribution >= 0.6 is 0 Å². The Morgan fingerprint density at radius 2 is 1.76 bits per heavy atom. The second-order valence-corrected chi connectivity index (χ2v) is 13.8. The van der Waals surface area contributed by atoms with Gasteiger partial charge in [0.05, 0.1) is 6.04 Å². The van der Waals surface area contributed by atoms with Gasteiger partial charge < -0.3 is 10.0 Å². The van der Waals surface area contributed by atoms with Crippen LogP contribution in [0.15, 0.2) is 63.1 Å². The molecule has 3 aliphatic heterocycles. The Bertz CT molecular complexity index is 1610. The maximum absolute atomic E-state index is 13.8. The molecular weight excluding hydrogens is 535 g/mol. The van der Waals surface area contributed by atoms with Gasteiger partial charge in [0.25, 0.3) is 26.1 Å². The minimum atomic E-state index is -4.29. The van der Waals surface area contributed by atoms with Crippen LogP contribution in [-0.4, -0.2) is 61.9 Å². The van der Waals surface area contributed by atoms with Gasteiger partial charge >= 0.3 is 0 Å². The molecule has 1 amide bonds. The molecule has 0 aliphatic carbocycles. The van der Waals surface area contributed by atoms with Gasteiger partial charge in [-0.3, -0.25) is 4.79 Å². The van der Waals surface area contributed by atoms with Crippen LogP contribution in [0.25, 0.3) is 0 Å². The van der Waals surface area contributed by atoms with Gasteiger partial charge in [-0.2, -0.15) is 25.5 Å². The second kappa shape index (κ2) is 8.97. The number of fused-ring (bicyclic) bond motifs is 1. The number of amides is 1. The molecule has 1 atom stereocenters. The third-order valence-electron chi connectivity index (χ3n) is 6.78. The van der Waals surface area contributed by atoms with Crippen molar-refractivity contribution in [2.75, 3.05) is 13.1 Å². The Morgan fingerprint density at radius 1 is 1.08 bits per heavy atom. The Morgan fingerprint density at radius 3 is 2.37 bits per heavy atom. The number of halogens is 1. The van der Waals surface area contributed by atoms with Gasteiger partial charge in [0, 0.05) is 31.7 Å². The highest BCUT2D eigenvalue weighted by Gasteiger charge is 2.49. The van der Waals surface area contributed by atoms with Crippen molar-refractivity contribution in [3.8, 4) is 0 Å². The van der Waals surface area contributed by atoms with Crippen molar-refractivity contribution in [2.24, 2.45) is 9.81 Å². The first kappa shape index (κ1) is 26.5. The predicted molar refractivity (Wildman–Crippen MR) is 137 cm³/mol. The lowest BCUT2D eigenvalue weighted by molar-refractivity contribution is -0.129. The molecule has 2 aromatic carbocycles. The fourth-order valence-electron chi connectivity index (χ4n) is 5.17. The average Bonchev–Trinajstić information content (AvgIpc) is 3.38. The maximum Gasteiger partial charge on any atom is 0.283 e. The highest BCUT2D eigenvalue weighted by molar-refractivity contribution is 7.91. The Labute approximate surface area is 220 Å². The number of rotatable bonds is 5. The lowest BCUT2D eigenvalue weighted by Gasteiger charge is -2.35. The largest absolute Gasteiger partial charge is 0.509 e. The molecule has 1 saturated heterocycles. The van der Waals surface area contributed by atoms with Crippen LogP contribution in [0.4, 0.5) is 4.39 Å². The summed E-state index contributed by atoms with van der Waals surface area (Å²) in [5.41, 5.74) is -0.0639. The van der Waals surface area contributed by atoms with E-state index in [0.717, 1.165) is 4.31 Å².